The Morgan fingerprint density at radius 1 is 1.24 bits per heavy atom. The fourth-order valence-corrected chi connectivity index (χ4v) is 1.98. The molecule has 1 amide bonds. The van der Waals surface area contributed by atoms with Gasteiger partial charge < -0.3 is 25.4 Å². The molecule has 1 aliphatic rings. The molecule has 1 fully saturated rings. The topological polar surface area (TPSA) is 99.0 Å². The summed E-state index contributed by atoms with van der Waals surface area (Å²) in [7, 11) is 0. The van der Waals surface area contributed by atoms with E-state index < -0.39 is 36.6 Å². The summed E-state index contributed by atoms with van der Waals surface area (Å²) < 4.78 is 4.92. The fourth-order valence-electron chi connectivity index (χ4n) is 1.98. The Balaban J connectivity index is 2.14. The molecule has 2 rings (SSSR count). The molecule has 1 aliphatic heterocycles. The summed E-state index contributed by atoms with van der Waals surface area (Å²) >= 11 is 0. The number of aliphatic hydroxyl groups is 3. The van der Waals surface area contributed by atoms with Gasteiger partial charge in [-0.25, -0.2) is 4.79 Å². The summed E-state index contributed by atoms with van der Waals surface area (Å²) in [6.07, 6.45) is -5.77. The molecular weight excluding hydrogens is 274 g/mol. The zero-order valence-corrected chi connectivity index (χ0v) is 11.4. The number of ether oxygens (including phenoxy) is 1. The van der Waals surface area contributed by atoms with Crippen molar-refractivity contribution in [1.29, 1.82) is 0 Å². The molecule has 5 atom stereocenters. The normalized spacial score (nSPS) is 25.0. The van der Waals surface area contributed by atoms with E-state index in [9.17, 15) is 20.1 Å². The number of rotatable bonds is 3. The predicted molar refractivity (Wildman–Crippen MR) is 74.2 cm³/mol. The van der Waals surface area contributed by atoms with E-state index in [1.807, 2.05) is 18.2 Å². The highest BCUT2D eigenvalue weighted by atomic mass is 16.6. The summed E-state index contributed by atoms with van der Waals surface area (Å²) in [5.74, 6) is 5.65. The number of benzene rings is 1. The Morgan fingerprint density at radius 2 is 1.90 bits per heavy atom. The Labute approximate surface area is 122 Å². The van der Waals surface area contributed by atoms with Gasteiger partial charge in [0.1, 0.15) is 18.2 Å². The minimum Gasteiger partial charge on any atom is -0.440 e. The molecule has 4 N–H and O–H groups in total. The van der Waals surface area contributed by atoms with Gasteiger partial charge in [-0.05, 0) is 19.1 Å². The molecule has 1 saturated heterocycles. The fraction of sp³-hybridized carbons (Fsp3) is 0.400. The molecule has 1 heterocycles. The average Bonchev–Trinajstić information content (AvgIpc) is 2.85. The summed E-state index contributed by atoms with van der Waals surface area (Å²) in [5, 5.41) is 31.4. The van der Waals surface area contributed by atoms with Crippen molar-refractivity contribution in [3.63, 3.8) is 0 Å². The van der Waals surface area contributed by atoms with Crippen molar-refractivity contribution in [3.05, 3.63) is 35.9 Å². The maximum absolute atomic E-state index is 11.3. The SMILES string of the molecule is C[C@H](O)[C@@H](O)[C@@H](O)[C@@H]1OC(=O)N[C@H]1C#Cc1ccccc1. The molecule has 6 nitrogen and oxygen atoms in total. The highest BCUT2D eigenvalue weighted by Gasteiger charge is 2.42. The van der Waals surface area contributed by atoms with E-state index in [2.05, 4.69) is 17.2 Å². The number of carbonyl (C=O) groups excluding carboxylic acids is 1. The molecule has 1 aromatic carbocycles. The number of carbonyl (C=O) groups is 1. The first-order chi connectivity index (χ1) is 9.99. The minimum absolute atomic E-state index is 0.718. The second-order valence-electron chi connectivity index (χ2n) is 4.85. The van der Waals surface area contributed by atoms with Crippen LogP contribution in [0, 0.1) is 11.8 Å². The van der Waals surface area contributed by atoms with Crippen LogP contribution in [0.1, 0.15) is 12.5 Å². The van der Waals surface area contributed by atoms with Crippen molar-refractivity contribution in [2.75, 3.05) is 0 Å². The molecule has 112 valence electrons. The number of amides is 1. The van der Waals surface area contributed by atoms with Gasteiger partial charge in [-0.2, -0.15) is 0 Å². The van der Waals surface area contributed by atoms with Crippen molar-refractivity contribution in [2.24, 2.45) is 0 Å². The van der Waals surface area contributed by atoms with E-state index in [0.717, 1.165) is 5.56 Å². The van der Waals surface area contributed by atoms with Crippen molar-refractivity contribution in [1.82, 2.24) is 5.32 Å². The standard InChI is InChI=1S/C15H17NO5/c1-9(17)12(18)13(19)14-11(16-15(20)21-14)8-7-10-5-3-2-4-6-10/h2-6,9,11-14,17-19H,1H3,(H,16,20)/t9-,11-,12+,13+,14+/m0/s1. The third-order valence-corrected chi connectivity index (χ3v) is 3.17. The van der Waals surface area contributed by atoms with Crippen LogP contribution in [-0.4, -0.2) is 51.9 Å². The van der Waals surface area contributed by atoms with Crippen LogP contribution in [0.3, 0.4) is 0 Å². The van der Waals surface area contributed by atoms with E-state index in [1.165, 1.54) is 6.92 Å². The largest absolute Gasteiger partial charge is 0.440 e. The Bertz CT molecular complexity index is 548. The second kappa shape index (κ2) is 6.59. The lowest BCUT2D eigenvalue weighted by molar-refractivity contribution is -0.0943. The quantitative estimate of drug-likeness (QED) is 0.569. The number of alkyl carbamates (subject to hydrolysis) is 1. The van der Waals surface area contributed by atoms with Crippen LogP contribution in [0.4, 0.5) is 4.79 Å². The monoisotopic (exact) mass is 291 g/mol. The van der Waals surface area contributed by atoms with E-state index in [-0.39, 0.29) is 0 Å². The number of cyclic esters (lactones) is 1. The molecule has 6 heteroatoms. The van der Waals surface area contributed by atoms with Gasteiger partial charge in [0, 0.05) is 5.56 Å². The van der Waals surface area contributed by atoms with Crippen LogP contribution in [0.15, 0.2) is 30.3 Å². The van der Waals surface area contributed by atoms with Crippen LogP contribution >= 0.6 is 0 Å². The maximum Gasteiger partial charge on any atom is 0.408 e. The third-order valence-electron chi connectivity index (χ3n) is 3.17. The van der Waals surface area contributed by atoms with Gasteiger partial charge in [0.25, 0.3) is 0 Å². The molecule has 0 aliphatic carbocycles. The summed E-state index contributed by atoms with van der Waals surface area (Å²) in [4.78, 5) is 11.3. The van der Waals surface area contributed by atoms with E-state index in [1.54, 1.807) is 12.1 Å². The first-order valence-electron chi connectivity index (χ1n) is 6.57. The second-order valence-corrected chi connectivity index (χ2v) is 4.85. The van der Waals surface area contributed by atoms with Gasteiger partial charge in [-0.3, -0.25) is 0 Å². The lowest BCUT2D eigenvalue weighted by Crippen LogP contribution is -2.48. The van der Waals surface area contributed by atoms with E-state index in [4.69, 9.17) is 4.74 Å². The molecule has 0 radical (unpaired) electrons. The molecule has 0 spiro atoms. The number of nitrogens with one attached hydrogen (secondary N) is 1. The van der Waals surface area contributed by atoms with Crippen LogP contribution < -0.4 is 5.32 Å². The zero-order chi connectivity index (χ0) is 15.4. The van der Waals surface area contributed by atoms with Gasteiger partial charge in [0.05, 0.1) is 6.10 Å². The predicted octanol–water partition coefficient (Wildman–Crippen LogP) is -0.382. The molecule has 1 aromatic rings. The first kappa shape index (κ1) is 15.3. The highest BCUT2D eigenvalue weighted by Crippen LogP contribution is 2.17. The van der Waals surface area contributed by atoms with Crippen molar-refractivity contribution in [3.8, 4) is 11.8 Å². The molecule has 21 heavy (non-hydrogen) atoms. The van der Waals surface area contributed by atoms with Gasteiger partial charge in [-0.15, -0.1) is 0 Å². The summed E-state index contributed by atoms with van der Waals surface area (Å²) in [5.41, 5.74) is 0.753. The van der Waals surface area contributed by atoms with E-state index >= 15 is 0 Å². The minimum atomic E-state index is -1.43. The molecule has 0 aromatic heterocycles. The van der Waals surface area contributed by atoms with Crippen LogP contribution in [-0.2, 0) is 4.74 Å². The zero-order valence-electron chi connectivity index (χ0n) is 11.4. The van der Waals surface area contributed by atoms with Crippen molar-refractivity contribution < 1.29 is 24.9 Å². The van der Waals surface area contributed by atoms with E-state index in [0.29, 0.717) is 0 Å². The van der Waals surface area contributed by atoms with Crippen LogP contribution in [0.5, 0.6) is 0 Å². The number of hydrogen-bond donors (Lipinski definition) is 4. The molecular formula is C15H17NO5. The average molecular weight is 291 g/mol. The van der Waals surface area contributed by atoms with Crippen LogP contribution in [0.2, 0.25) is 0 Å². The Hall–Kier alpha value is -2.07. The van der Waals surface area contributed by atoms with Gasteiger partial charge >= 0.3 is 6.09 Å². The lowest BCUT2D eigenvalue weighted by Gasteiger charge is -2.25. The summed E-state index contributed by atoms with van der Waals surface area (Å²) in [6.45, 7) is 1.34. The molecule has 0 saturated carbocycles. The molecule has 0 unspecified atom stereocenters. The lowest BCUT2D eigenvalue weighted by atomic mass is 9.99. The number of aliphatic hydroxyl groups excluding tert-OH is 3. The maximum atomic E-state index is 11.3. The summed E-state index contributed by atoms with van der Waals surface area (Å²) in [6, 6.07) is 8.37. The van der Waals surface area contributed by atoms with Crippen molar-refractivity contribution >= 4 is 6.09 Å². The Kier molecular flexibility index (Phi) is 4.81. The first-order valence-corrected chi connectivity index (χ1v) is 6.57. The third kappa shape index (κ3) is 3.73. The highest BCUT2D eigenvalue weighted by molar-refractivity contribution is 5.71. The van der Waals surface area contributed by atoms with Gasteiger partial charge in [-0.1, -0.05) is 30.0 Å². The molecule has 0 bridgehead atoms. The Morgan fingerprint density at radius 3 is 2.52 bits per heavy atom. The van der Waals surface area contributed by atoms with Gasteiger partial charge in [0.15, 0.2) is 6.10 Å². The smallest absolute Gasteiger partial charge is 0.408 e. The van der Waals surface area contributed by atoms with Crippen LogP contribution in [0.25, 0.3) is 0 Å². The van der Waals surface area contributed by atoms with Gasteiger partial charge in [0.2, 0.25) is 0 Å². The van der Waals surface area contributed by atoms with Crippen molar-refractivity contribution in [2.45, 2.75) is 37.4 Å². The number of hydrogen-bond acceptors (Lipinski definition) is 5.